The zero-order chi connectivity index (χ0) is 26.7. The van der Waals surface area contributed by atoms with Crippen LogP contribution in [0.15, 0.2) is 54.6 Å². The first-order valence-corrected chi connectivity index (χ1v) is 10.3. The molecule has 0 aromatic heterocycles. The van der Waals surface area contributed by atoms with Gasteiger partial charge in [-0.25, -0.2) is 4.79 Å². The van der Waals surface area contributed by atoms with Crippen LogP contribution in [0.3, 0.4) is 0 Å². The Balaban J connectivity index is 1.99. The highest BCUT2D eigenvalue weighted by Gasteiger charge is 2.30. The summed E-state index contributed by atoms with van der Waals surface area (Å²) in [6.07, 6.45) is -7.36. The van der Waals surface area contributed by atoms with E-state index in [4.69, 9.17) is 9.47 Å². The highest BCUT2D eigenvalue weighted by atomic mass is 19.4. The molecule has 12 nitrogen and oxygen atoms in total. The summed E-state index contributed by atoms with van der Waals surface area (Å²) in [7, 11) is 1.37. The molecule has 0 spiro atoms. The average Bonchev–Trinajstić information content (AvgIpc) is 2.82. The van der Waals surface area contributed by atoms with Gasteiger partial charge in [0.1, 0.15) is 25.1 Å². The lowest BCUT2D eigenvalue weighted by molar-refractivity contribution is -0.790. The molecule has 0 bridgehead atoms. The van der Waals surface area contributed by atoms with Crippen molar-refractivity contribution in [2.45, 2.75) is 24.8 Å². The van der Waals surface area contributed by atoms with Gasteiger partial charge in [0, 0.05) is 20.0 Å². The second-order valence-corrected chi connectivity index (χ2v) is 7.30. The number of rotatable bonds is 13. The summed E-state index contributed by atoms with van der Waals surface area (Å²) < 4.78 is 49.2. The third kappa shape index (κ3) is 9.52. The summed E-state index contributed by atoms with van der Waals surface area (Å²) in [6.45, 7) is -1.46. The number of amides is 1. The zero-order valence-corrected chi connectivity index (χ0v) is 18.8. The van der Waals surface area contributed by atoms with Crippen LogP contribution in [0.1, 0.15) is 23.7 Å². The lowest BCUT2D eigenvalue weighted by Gasteiger charge is -2.24. The Kier molecular flexibility index (Phi) is 10.1. The predicted octanol–water partition coefficient (Wildman–Crippen LogP) is 4.07. The highest BCUT2D eigenvalue weighted by molar-refractivity contribution is 5.67. The summed E-state index contributed by atoms with van der Waals surface area (Å²) in [5.41, 5.74) is -0.118. The molecule has 0 heterocycles. The third-order valence-electron chi connectivity index (χ3n) is 4.66. The number of carbonyl (C=O) groups excluding carboxylic acids is 1. The zero-order valence-electron chi connectivity index (χ0n) is 18.8. The van der Waals surface area contributed by atoms with Crippen molar-refractivity contribution in [3.8, 4) is 5.75 Å². The van der Waals surface area contributed by atoms with Crippen LogP contribution < -0.4 is 4.74 Å². The van der Waals surface area contributed by atoms with E-state index in [0.29, 0.717) is 5.56 Å². The fourth-order valence-corrected chi connectivity index (χ4v) is 2.90. The second kappa shape index (κ2) is 13.0. The molecule has 2 aromatic carbocycles. The smallest absolute Gasteiger partial charge is 0.416 e. The van der Waals surface area contributed by atoms with Gasteiger partial charge in [0.15, 0.2) is 6.10 Å². The van der Waals surface area contributed by atoms with E-state index in [9.17, 15) is 38.2 Å². The summed E-state index contributed by atoms with van der Waals surface area (Å²) in [4.78, 5) is 42.4. The quantitative estimate of drug-likeness (QED) is 0.284. The van der Waals surface area contributed by atoms with Gasteiger partial charge in [0.2, 0.25) is 0 Å². The van der Waals surface area contributed by atoms with Gasteiger partial charge in [-0.15, -0.1) is 20.2 Å². The van der Waals surface area contributed by atoms with E-state index in [1.807, 2.05) is 0 Å². The molecule has 0 aliphatic carbocycles. The summed E-state index contributed by atoms with van der Waals surface area (Å²) in [6, 6.07) is 13.0. The fraction of sp³-hybridized carbons (Fsp3) is 0.381. The van der Waals surface area contributed by atoms with Crippen LogP contribution >= 0.6 is 0 Å². The summed E-state index contributed by atoms with van der Waals surface area (Å²) in [5, 5.41) is 18.4. The molecule has 1 unspecified atom stereocenters. The van der Waals surface area contributed by atoms with Gasteiger partial charge in [-0.05, 0) is 29.8 Å². The van der Waals surface area contributed by atoms with E-state index in [0.717, 1.165) is 17.0 Å². The van der Waals surface area contributed by atoms with E-state index in [1.165, 1.54) is 19.2 Å². The van der Waals surface area contributed by atoms with E-state index in [1.54, 1.807) is 30.3 Å². The van der Waals surface area contributed by atoms with Crippen molar-refractivity contribution < 1.29 is 47.3 Å². The van der Waals surface area contributed by atoms with Crippen molar-refractivity contribution in [3.63, 3.8) is 0 Å². The van der Waals surface area contributed by atoms with E-state index in [2.05, 4.69) is 9.68 Å². The minimum Gasteiger partial charge on any atom is -0.486 e. The Morgan fingerprint density at radius 1 is 1.00 bits per heavy atom. The number of hydrogen-bond donors (Lipinski definition) is 0. The van der Waals surface area contributed by atoms with E-state index in [-0.39, 0.29) is 18.7 Å². The molecule has 2 atom stereocenters. The van der Waals surface area contributed by atoms with Crippen molar-refractivity contribution >= 4 is 6.09 Å². The van der Waals surface area contributed by atoms with E-state index >= 15 is 0 Å². The van der Waals surface area contributed by atoms with Crippen LogP contribution in [-0.4, -0.2) is 54.1 Å². The normalized spacial score (nSPS) is 12.7. The Labute approximate surface area is 202 Å². The summed E-state index contributed by atoms with van der Waals surface area (Å²) >= 11 is 0. The molecule has 196 valence electrons. The summed E-state index contributed by atoms with van der Waals surface area (Å²) in [5.74, 6) is 0.188. The highest BCUT2D eigenvalue weighted by Crippen LogP contribution is 2.32. The van der Waals surface area contributed by atoms with Gasteiger partial charge in [0.25, 0.3) is 10.2 Å². The van der Waals surface area contributed by atoms with Gasteiger partial charge in [-0.1, -0.05) is 30.3 Å². The number of ether oxygens (including phenoxy) is 2. The Hall–Kier alpha value is -4.30. The SMILES string of the molecule is CN(CC[C@@H](Oc1ccc(C(F)(F)F)cc1)c1ccccc1)C(=O)OCC(CO[N+](=O)[O-])O[N+](=O)[O-]. The minimum absolute atomic E-state index is 0.0607. The maximum Gasteiger partial charge on any atom is 0.416 e. The monoisotopic (exact) mass is 517 g/mol. The number of hydrogen-bond acceptors (Lipinski definition) is 9. The van der Waals surface area contributed by atoms with Crippen molar-refractivity contribution in [1.82, 2.24) is 4.90 Å². The Morgan fingerprint density at radius 2 is 1.64 bits per heavy atom. The van der Waals surface area contributed by atoms with Crippen LogP contribution in [0, 0.1) is 20.2 Å². The molecule has 0 radical (unpaired) electrons. The lowest BCUT2D eigenvalue weighted by atomic mass is 10.1. The van der Waals surface area contributed by atoms with E-state index < -0.39 is 53.4 Å². The topological polar surface area (TPSA) is 144 Å². The standard InChI is InChI=1S/C21H22F3N3O9/c1-25(20(28)33-13-18(36-27(31)32)14-34-26(29)30)12-11-19(15-5-3-2-4-6-15)35-17-9-7-16(8-10-17)21(22,23)24/h2-10,18-19H,11-14H2,1H3/t18?,19-/m1/s1. The molecular weight excluding hydrogens is 495 g/mol. The van der Waals surface area contributed by atoms with Crippen molar-refractivity contribution in [3.05, 3.63) is 86.0 Å². The van der Waals surface area contributed by atoms with Gasteiger partial charge >= 0.3 is 12.3 Å². The van der Waals surface area contributed by atoms with Crippen molar-refractivity contribution in [2.24, 2.45) is 0 Å². The predicted molar refractivity (Wildman–Crippen MR) is 115 cm³/mol. The molecule has 0 saturated heterocycles. The number of carbonyl (C=O) groups is 1. The van der Waals surface area contributed by atoms with Crippen molar-refractivity contribution in [1.29, 1.82) is 0 Å². The second-order valence-electron chi connectivity index (χ2n) is 7.30. The molecule has 2 aromatic rings. The number of halogens is 3. The Morgan fingerprint density at radius 3 is 2.19 bits per heavy atom. The number of nitrogens with zero attached hydrogens (tertiary/aromatic N) is 3. The molecule has 15 heteroatoms. The minimum atomic E-state index is -4.49. The molecule has 0 aliphatic rings. The van der Waals surface area contributed by atoms with Gasteiger partial charge in [-0.3, -0.25) is 0 Å². The maximum absolute atomic E-state index is 12.8. The molecule has 0 aliphatic heterocycles. The van der Waals surface area contributed by atoms with Gasteiger partial charge in [-0.2, -0.15) is 13.2 Å². The van der Waals surface area contributed by atoms with Crippen LogP contribution in [0.4, 0.5) is 18.0 Å². The average molecular weight is 517 g/mol. The molecular formula is C21H22F3N3O9. The van der Waals surface area contributed by atoms with Crippen LogP contribution in [-0.2, 0) is 20.6 Å². The molecule has 0 saturated carbocycles. The number of alkyl halides is 3. The molecule has 0 N–H and O–H groups in total. The largest absolute Gasteiger partial charge is 0.486 e. The first-order valence-electron chi connectivity index (χ1n) is 10.3. The molecule has 0 fully saturated rings. The van der Waals surface area contributed by atoms with Crippen LogP contribution in [0.2, 0.25) is 0 Å². The molecule has 1 amide bonds. The van der Waals surface area contributed by atoms with Crippen molar-refractivity contribution in [2.75, 3.05) is 26.8 Å². The molecule has 36 heavy (non-hydrogen) atoms. The van der Waals surface area contributed by atoms with Crippen LogP contribution in [0.25, 0.3) is 0 Å². The molecule has 2 rings (SSSR count). The van der Waals surface area contributed by atoms with Gasteiger partial charge < -0.3 is 24.0 Å². The first-order chi connectivity index (χ1) is 17.0. The lowest BCUT2D eigenvalue weighted by Crippen LogP contribution is -2.35. The fourth-order valence-electron chi connectivity index (χ4n) is 2.90. The van der Waals surface area contributed by atoms with Gasteiger partial charge in [0.05, 0.1) is 5.56 Å². The van der Waals surface area contributed by atoms with Crippen LogP contribution in [0.5, 0.6) is 5.75 Å². The Bertz CT molecular complexity index is 1010. The number of benzene rings is 2. The third-order valence-corrected chi connectivity index (χ3v) is 4.66. The maximum atomic E-state index is 12.8. The first kappa shape index (κ1) is 27.9.